The Morgan fingerprint density at radius 1 is 0.652 bits per heavy atom. The van der Waals surface area contributed by atoms with Crippen LogP contribution in [-0.4, -0.2) is 122 Å². The van der Waals surface area contributed by atoms with E-state index in [4.69, 9.17) is 22.4 Å². The van der Waals surface area contributed by atoms with Gasteiger partial charge in [0.2, 0.25) is 11.2 Å². The number of nitrogens with zero attached hydrogens (tertiary/aromatic N) is 6. The van der Waals surface area contributed by atoms with Crippen molar-refractivity contribution in [1.82, 2.24) is 19.9 Å². The highest BCUT2D eigenvalue weighted by Crippen LogP contribution is 2.55. The number of carbonyl (C=O) groups excluding carboxylic acids is 2. The minimum Gasteiger partial charge on any atom is -0.394 e. The smallest absolute Gasteiger partial charge is 0.258 e. The van der Waals surface area contributed by atoms with Gasteiger partial charge in [0.1, 0.15) is 11.6 Å². The number of sulfone groups is 2. The zero-order chi connectivity index (χ0) is 50.7. The Balaban J connectivity index is 0.000000205. The van der Waals surface area contributed by atoms with Gasteiger partial charge in [-0.25, -0.2) is 31.8 Å². The second kappa shape index (κ2) is 20.8. The maximum Gasteiger partial charge on any atom is 0.258 e. The van der Waals surface area contributed by atoms with E-state index in [0.717, 1.165) is 51.9 Å². The van der Waals surface area contributed by atoms with Crippen molar-refractivity contribution < 1.29 is 36.6 Å². The molecule has 0 unspecified atom stereocenters. The molecule has 18 nitrogen and oxygen atoms in total. The van der Waals surface area contributed by atoms with Crippen LogP contribution < -0.4 is 31.5 Å². The number of amides is 2. The first kappa shape index (κ1) is 53.4. The van der Waals surface area contributed by atoms with Crippen molar-refractivity contribution in [1.29, 1.82) is 0 Å². The molecule has 2 spiro atoms. The number of nitrogens with two attached hydrogens (primary N) is 1. The molecule has 4 aromatic rings. The van der Waals surface area contributed by atoms with Crippen molar-refractivity contribution in [2.75, 3.05) is 77.7 Å². The van der Waals surface area contributed by atoms with Gasteiger partial charge < -0.3 is 41.7 Å². The van der Waals surface area contributed by atoms with E-state index in [-0.39, 0.29) is 40.1 Å². The number of aliphatic hydroxyl groups is 2. The lowest BCUT2D eigenvalue weighted by atomic mass is 9.93. The van der Waals surface area contributed by atoms with Crippen molar-refractivity contribution in [3.8, 4) is 0 Å². The molecule has 0 radical (unpaired) electrons. The van der Waals surface area contributed by atoms with Crippen LogP contribution in [0.5, 0.6) is 0 Å². The molecule has 2 aromatic heterocycles. The second-order valence-electron chi connectivity index (χ2n) is 20.5. The molecule has 2 saturated carbocycles. The molecule has 2 saturated heterocycles. The van der Waals surface area contributed by atoms with Crippen molar-refractivity contribution in [3.05, 3.63) is 76.3 Å². The zero-order valence-corrected chi connectivity index (χ0v) is 43.2. The van der Waals surface area contributed by atoms with Crippen LogP contribution in [0.1, 0.15) is 111 Å². The number of halogens is 1. The van der Waals surface area contributed by atoms with Gasteiger partial charge in [-0.05, 0) is 152 Å². The van der Waals surface area contributed by atoms with E-state index in [1.165, 1.54) is 50.3 Å². The van der Waals surface area contributed by atoms with Crippen LogP contribution in [0.25, 0.3) is 0 Å². The van der Waals surface area contributed by atoms with Crippen LogP contribution in [0.15, 0.2) is 58.3 Å². The van der Waals surface area contributed by atoms with Gasteiger partial charge >= 0.3 is 0 Å². The summed E-state index contributed by atoms with van der Waals surface area (Å²) >= 11 is 5.89. The van der Waals surface area contributed by atoms with Crippen LogP contribution in [0.3, 0.4) is 0 Å². The van der Waals surface area contributed by atoms with Gasteiger partial charge in [0.05, 0.1) is 51.0 Å². The topological polar surface area (TPSA) is 263 Å². The van der Waals surface area contributed by atoms with Crippen molar-refractivity contribution >= 4 is 72.0 Å². The third kappa shape index (κ3) is 14.8. The molecule has 4 aliphatic rings. The molecule has 0 bridgehead atoms. The van der Waals surface area contributed by atoms with Crippen molar-refractivity contribution in [2.45, 2.75) is 114 Å². The average Bonchev–Trinajstić information content (AvgIpc) is 4.20. The number of aryl methyl sites for hydroxylation is 2. The molecule has 21 heteroatoms. The molecule has 2 aromatic carbocycles. The normalized spacial score (nSPS) is 17.2. The number of benzene rings is 2. The highest BCUT2D eigenvalue weighted by atomic mass is 35.5. The summed E-state index contributed by atoms with van der Waals surface area (Å²) < 4.78 is 48.6. The summed E-state index contributed by atoms with van der Waals surface area (Å²) in [5.74, 6) is 0.199. The van der Waals surface area contributed by atoms with Gasteiger partial charge in [-0.2, -0.15) is 4.98 Å². The van der Waals surface area contributed by atoms with Crippen LogP contribution in [0, 0.1) is 24.7 Å². The minimum atomic E-state index is -3.41. The fourth-order valence-corrected chi connectivity index (χ4v) is 9.69. The number of aliphatic hydroxyl groups excluding tert-OH is 2. The fourth-order valence-electron chi connectivity index (χ4n) is 8.18. The number of hydrogen-bond acceptors (Lipinski definition) is 16. The van der Waals surface area contributed by atoms with Crippen molar-refractivity contribution in [3.63, 3.8) is 0 Å². The van der Waals surface area contributed by atoms with Crippen LogP contribution in [0.2, 0.25) is 5.28 Å². The molecule has 69 heavy (non-hydrogen) atoms. The van der Waals surface area contributed by atoms with Crippen LogP contribution in [0.4, 0.5) is 29.0 Å². The largest absolute Gasteiger partial charge is 0.394 e. The van der Waals surface area contributed by atoms with E-state index in [1.54, 1.807) is 64.1 Å². The number of nitrogens with one attached hydrogen (secondary N) is 3. The lowest BCUT2D eigenvalue weighted by Gasteiger charge is -2.35. The van der Waals surface area contributed by atoms with Gasteiger partial charge in [0.15, 0.2) is 19.7 Å². The summed E-state index contributed by atoms with van der Waals surface area (Å²) in [6.45, 7) is 13.9. The first-order valence-corrected chi connectivity index (χ1v) is 27.2. The number of anilines is 5. The fraction of sp³-hybridized carbons (Fsp3) is 0.542. The molecular formula is C48H67ClN10O8S2. The average molecular weight is 1010 g/mol. The summed E-state index contributed by atoms with van der Waals surface area (Å²) in [6, 6.07) is 12.6. The van der Waals surface area contributed by atoms with E-state index in [2.05, 4.69) is 45.7 Å². The van der Waals surface area contributed by atoms with E-state index >= 15 is 0 Å². The standard InChI is InChI=1S/C24H33N5O4S.C20H23ClN4O3S.C4H11NO/c1-16-13-20(27-22(25-16)28-23(2,3)15-30)26-21(31)18-6-5-17(34(4,32)33)14-19(18)29-11-9-24(7-8-24)10-12-29;1-13-11-17(24-19(21)22-13)23-18(26)15-4-3-14(29(2,27)28)12-16(15)25-9-7-20(5-6-20)8-10-25;1-4(2,5)3-6/h5-6,13-14,30H,7-12,15H2,1-4H3,(H2,25,26,27,28,31);3-4,11-12H,5-10H2,1-2H3,(H,22,23,24,26);6H,3,5H2,1-2H3. The molecular weight excluding hydrogens is 944 g/mol. The maximum absolute atomic E-state index is 13.3. The van der Waals surface area contributed by atoms with Crippen LogP contribution >= 0.6 is 11.6 Å². The number of rotatable bonds is 12. The minimum absolute atomic E-state index is 0.0486. The molecule has 7 N–H and O–H groups in total. The molecule has 8 rings (SSSR count). The van der Waals surface area contributed by atoms with E-state index < -0.39 is 30.8 Å². The Morgan fingerprint density at radius 2 is 1.04 bits per heavy atom. The summed E-state index contributed by atoms with van der Waals surface area (Å²) in [5, 5.41) is 26.5. The van der Waals surface area contributed by atoms with E-state index in [1.807, 2.05) is 13.8 Å². The molecule has 2 amide bonds. The highest BCUT2D eigenvalue weighted by molar-refractivity contribution is 7.91. The first-order chi connectivity index (χ1) is 32.1. The van der Waals surface area contributed by atoms with Gasteiger partial charge in [0.25, 0.3) is 11.8 Å². The molecule has 4 fully saturated rings. The lowest BCUT2D eigenvalue weighted by molar-refractivity contribution is 0.101. The SMILES string of the molecule is CC(C)(N)CO.Cc1cc(NC(=O)c2ccc(S(C)(=O)=O)cc2N2CCC3(CC2)CC3)nc(Cl)n1.Cc1cc(NC(=O)c2ccc(S(C)(=O)=O)cc2N2CCC3(CC2)CC3)nc(NC(C)(C)CO)n1. The predicted molar refractivity (Wildman–Crippen MR) is 270 cm³/mol. The van der Waals surface area contributed by atoms with Gasteiger partial charge in [-0.15, -0.1) is 0 Å². The number of aromatic nitrogens is 4. The molecule has 376 valence electrons. The maximum atomic E-state index is 13.3. The number of piperidine rings is 2. The molecule has 2 aliphatic carbocycles. The quantitative estimate of drug-likeness (QED) is 0.0864. The molecule has 2 aliphatic heterocycles. The number of hydrogen-bond donors (Lipinski definition) is 6. The van der Waals surface area contributed by atoms with E-state index in [0.29, 0.717) is 62.3 Å². The Labute approximate surface area is 411 Å². The monoisotopic (exact) mass is 1010 g/mol. The van der Waals surface area contributed by atoms with E-state index in [9.17, 15) is 31.5 Å². The molecule has 0 atom stereocenters. The van der Waals surface area contributed by atoms with Crippen molar-refractivity contribution in [2.24, 2.45) is 16.6 Å². The zero-order valence-electron chi connectivity index (χ0n) is 40.8. The van der Waals surface area contributed by atoms with Crippen LogP contribution in [-0.2, 0) is 19.7 Å². The Kier molecular flexibility index (Phi) is 16.1. The molecule has 4 heterocycles. The summed E-state index contributed by atoms with van der Waals surface area (Å²) in [5.41, 5.74) is 8.56. The summed E-state index contributed by atoms with van der Waals surface area (Å²) in [7, 11) is -6.80. The van der Waals surface area contributed by atoms with Gasteiger partial charge in [0, 0.05) is 67.8 Å². The highest BCUT2D eigenvalue weighted by Gasteiger charge is 2.46. The Morgan fingerprint density at radius 3 is 1.39 bits per heavy atom. The Bertz CT molecular complexity index is 2740. The van der Waals surface area contributed by atoms with Gasteiger partial charge in [-0.3, -0.25) is 9.59 Å². The summed E-state index contributed by atoms with van der Waals surface area (Å²) in [6.07, 6.45) is 11.6. The Hall–Kier alpha value is -4.99. The second-order valence-corrected chi connectivity index (χ2v) is 24.8. The summed E-state index contributed by atoms with van der Waals surface area (Å²) in [4.78, 5) is 47.7. The first-order valence-electron chi connectivity index (χ1n) is 23.1. The third-order valence-electron chi connectivity index (χ3n) is 12.9. The van der Waals surface area contributed by atoms with Gasteiger partial charge in [-0.1, -0.05) is 0 Å². The number of carbonyl (C=O) groups is 2. The lowest BCUT2D eigenvalue weighted by Crippen LogP contribution is -2.36. The predicted octanol–water partition coefficient (Wildman–Crippen LogP) is 6.19. The third-order valence-corrected chi connectivity index (χ3v) is 15.3.